The van der Waals surface area contributed by atoms with Crippen molar-refractivity contribution in [1.82, 2.24) is 0 Å². The SMILES string of the molecule is CCCC(C)C[C@H]1C[C@@H]1C. The van der Waals surface area contributed by atoms with E-state index in [0.717, 1.165) is 17.8 Å². The van der Waals surface area contributed by atoms with Crippen LogP contribution < -0.4 is 0 Å². The van der Waals surface area contributed by atoms with Gasteiger partial charge in [0.15, 0.2) is 0 Å². The maximum Gasteiger partial charge on any atom is -0.0383 e. The Balaban J connectivity index is 2.01. The Morgan fingerprint density at radius 3 is 2.50 bits per heavy atom. The molecule has 0 aromatic carbocycles. The van der Waals surface area contributed by atoms with Crippen LogP contribution in [-0.2, 0) is 0 Å². The molecule has 0 amide bonds. The van der Waals surface area contributed by atoms with Crippen LogP contribution in [0.2, 0.25) is 0 Å². The average molecular weight is 140 g/mol. The standard InChI is InChI=1S/C10H20/c1-4-5-8(2)6-10-7-9(10)3/h8-10H,4-7H2,1-3H3/t8?,9-,10-/m0/s1. The third-order valence-electron chi connectivity index (χ3n) is 2.76. The average Bonchev–Trinajstić information content (AvgIpc) is 2.47. The molecule has 0 aromatic rings. The lowest BCUT2D eigenvalue weighted by molar-refractivity contribution is 0.446. The molecule has 0 radical (unpaired) electrons. The normalized spacial score (nSPS) is 33.9. The summed E-state index contributed by atoms with van der Waals surface area (Å²) < 4.78 is 0. The molecule has 60 valence electrons. The Morgan fingerprint density at radius 2 is 2.10 bits per heavy atom. The molecule has 3 atom stereocenters. The first-order valence-electron chi connectivity index (χ1n) is 4.74. The fourth-order valence-corrected chi connectivity index (χ4v) is 1.85. The zero-order valence-electron chi connectivity index (χ0n) is 7.56. The van der Waals surface area contributed by atoms with Crippen LogP contribution in [0.4, 0.5) is 0 Å². The van der Waals surface area contributed by atoms with Crippen molar-refractivity contribution in [2.45, 2.75) is 46.5 Å². The lowest BCUT2D eigenvalue weighted by Crippen LogP contribution is -1.95. The maximum atomic E-state index is 2.40. The van der Waals surface area contributed by atoms with E-state index in [4.69, 9.17) is 0 Å². The highest BCUT2D eigenvalue weighted by atomic mass is 14.4. The summed E-state index contributed by atoms with van der Waals surface area (Å²) in [6, 6.07) is 0. The van der Waals surface area contributed by atoms with Crippen molar-refractivity contribution in [2.75, 3.05) is 0 Å². The van der Waals surface area contributed by atoms with Gasteiger partial charge in [-0.1, -0.05) is 33.6 Å². The summed E-state index contributed by atoms with van der Waals surface area (Å²) >= 11 is 0. The van der Waals surface area contributed by atoms with Gasteiger partial charge in [0.05, 0.1) is 0 Å². The van der Waals surface area contributed by atoms with Crippen molar-refractivity contribution in [3.8, 4) is 0 Å². The molecule has 0 bridgehead atoms. The van der Waals surface area contributed by atoms with Gasteiger partial charge in [-0.25, -0.2) is 0 Å². The van der Waals surface area contributed by atoms with Gasteiger partial charge in [-0.2, -0.15) is 0 Å². The highest BCUT2D eigenvalue weighted by Crippen LogP contribution is 2.42. The molecule has 1 aliphatic rings. The monoisotopic (exact) mass is 140 g/mol. The van der Waals surface area contributed by atoms with Gasteiger partial charge in [-0.05, 0) is 30.6 Å². The van der Waals surface area contributed by atoms with Crippen LogP contribution in [-0.4, -0.2) is 0 Å². The van der Waals surface area contributed by atoms with Crippen LogP contribution in [0.25, 0.3) is 0 Å². The van der Waals surface area contributed by atoms with Gasteiger partial charge in [0.25, 0.3) is 0 Å². The van der Waals surface area contributed by atoms with E-state index >= 15 is 0 Å². The van der Waals surface area contributed by atoms with Gasteiger partial charge in [0.2, 0.25) is 0 Å². The molecule has 1 unspecified atom stereocenters. The zero-order valence-corrected chi connectivity index (χ0v) is 7.56. The van der Waals surface area contributed by atoms with E-state index in [9.17, 15) is 0 Å². The van der Waals surface area contributed by atoms with Crippen LogP contribution in [0.3, 0.4) is 0 Å². The van der Waals surface area contributed by atoms with Crippen LogP contribution in [0.5, 0.6) is 0 Å². The first-order chi connectivity index (χ1) is 4.74. The Hall–Kier alpha value is 0. The third kappa shape index (κ3) is 2.32. The van der Waals surface area contributed by atoms with E-state index in [1.807, 2.05) is 0 Å². The van der Waals surface area contributed by atoms with Crippen molar-refractivity contribution >= 4 is 0 Å². The molecule has 0 saturated heterocycles. The number of hydrogen-bond acceptors (Lipinski definition) is 0. The van der Waals surface area contributed by atoms with E-state index in [1.165, 1.54) is 25.7 Å². The molecule has 1 aliphatic carbocycles. The van der Waals surface area contributed by atoms with E-state index < -0.39 is 0 Å². The van der Waals surface area contributed by atoms with Gasteiger partial charge >= 0.3 is 0 Å². The molecule has 1 fully saturated rings. The minimum atomic E-state index is 0.986. The third-order valence-corrected chi connectivity index (χ3v) is 2.76. The highest BCUT2D eigenvalue weighted by molar-refractivity contribution is 4.83. The van der Waals surface area contributed by atoms with Gasteiger partial charge in [0.1, 0.15) is 0 Å². The smallest absolute Gasteiger partial charge is 0.0383 e. The lowest BCUT2D eigenvalue weighted by Gasteiger charge is -2.07. The molecular weight excluding hydrogens is 120 g/mol. The molecule has 0 heterocycles. The molecule has 0 spiro atoms. The summed E-state index contributed by atoms with van der Waals surface area (Å²) in [7, 11) is 0. The van der Waals surface area contributed by atoms with Crippen molar-refractivity contribution in [3.63, 3.8) is 0 Å². The molecule has 0 nitrogen and oxygen atoms in total. The Bertz CT molecular complexity index is 96.2. The Labute approximate surface area is 65.0 Å². The van der Waals surface area contributed by atoms with E-state index in [2.05, 4.69) is 20.8 Å². The molecule has 0 N–H and O–H groups in total. The molecule has 1 rings (SSSR count). The lowest BCUT2D eigenvalue weighted by atomic mass is 9.99. The molecular formula is C10H20. The minimum absolute atomic E-state index is 0.986. The fraction of sp³-hybridized carbons (Fsp3) is 1.00. The van der Waals surface area contributed by atoms with Gasteiger partial charge in [0, 0.05) is 0 Å². The van der Waals surface area contributed by atoms with E-state index in [1.54, 1.807) is 0 Å². The molecule has 1 saturated carbocycles. The Kier molecular flexibility index (Phi) is 2.76. The zero-order chi connectivity index (χ0) is 7.56. The van der Waals surface area contributed by atoms with E-state index in [-0.39, 0.29) is 0 Å². The fourth-order valence-electron chi connectivity index (χ4n) is 1.85. The second-order valence-electron chi connectivity index (χ2n) is 4.10. The summed E-state index contributed by atoms with van der Waals surface area (Å²) in [4.78, 5) is 0. The minimum Gasteiger partial charge on any atom is -0.0654 e. The first-order valence-corrected chi connectivity index (χ1v) is 4.74. The predicted octanol–water partition coefficient (Wildman–Crippen LogP) is 3.47. The Morgan fingerprint density at radius 1 is 1.50 bits per heavy atom. The quantitative estimate of drug-likeness (QED) is 0.561. The van der Waals surface area contributed by atoms with Crippen LogP contribution in [0.1, 0.15) is 46.5 Å². The topological polar surface area (TPSA) is 0 Å². The van der Waals surface area contributed by atoms with Crippen molar-refractivity contribution < 1.29 is 0 Å². The van der Waals surface area contributed by atoms with Gasteiger partial charge in [-0.3, -0.25) is 0 Å². The summed E-state index contributed by atoms with van der Waals surface area (Å²) in [5, 5.41) is 0. The summed E-state index contributed by atoms with van der Waals surface area (Å²) in [5.74, 6) is 3.14. The van der Waals surface area contributed by atoms with Crippen molar-refractivity contribution in [2.24, 2.45) is 17.8 Å². The van der Waals surface area contributed by atoms with Crippen LogP contribution in [0, 0.1) is 17.8 Å². The van der Waals surface area contributed by atoms with Crippen LogP contribution >= 0.6 is 0 Å². The van der Waals surface area contributed by atoms with Crippen molar-refractivity contribution in [3.05, 3.63) is 0 Å². The number of hydrogen-bond donors (Lipinski definition) is 0. The summed E-state index contributed by atoms with van der Waals surface area (Å²) in [6.45, 7) is 7.06. The molecule has 0 aliphatic heterocycles. The maximum absolute atomic E-state index is 2.40. The molecule has 0 aromatic heterocycles. The second kappa shape index (κ2) is 3.41. The number of rotatable bonds is 4. The van der Waals surface area contributed by atoms with Gasteiger partial charge in [-0.15, -0.1) is 0 Å². The molecule has 10 heavy (non-hydrogen) atoms. The molecule has 0 heteroatoms. The first kappa shape index (κ1) is 8.10. The van der Waals surface area contributed by atoms with Crippen molar-refractivity contribution in [1.29, 1.82) is 0 Å². The summed E-state index contributed by atoms with van der Waals surface area (Å²) in [5.41, 5.74) is 0. The highest BCUT2D eigenvalue weighted by Gasteiger charge is 2.32. The summed E-state index contributed by atoms with van der Waals surface area (Å²) in [6.07, 6.45) is 5.80. The largest absolute Gasteiger partial charge is 0.0654 e. The van der Waals surface area contributed by atoms with Crippen LogP contribution in [0.15, 0.2) is 0 Å². The van der Waals surface area contributed by atoms with E-state index in [0.29, 0.717) is 0 Å². The second-order valence-corrected chi connectivity index (χ2v) is 4.10. The van der Waals surface area contributed by atoms with Gasteiger partial charge < -0.3 is 0 Å². The predicted molar refractivity (Wildman–Crippen MR) is 46.0 cm³/mol.